The molecule has 5 heteroatoms. The summed E-state index contributed by atoms with van der Waals surface area (Å²) in [4.78, 5) is 11.1. The molecule has 0 heterocycles. The molecule has 0 saturated carbocycles. The SMILES string of the molecule is CC(O)(CO)CNC(=O)CCCCO. The lowest BCUT2D eigenvalue weighted by molar-refractivity contribution is -0.122. The first-order valence-corrected chi connectivity index (χ1v) is 4.72. The molecule has 0 aliphatic rings. The molecule has 0 rings (SSSR count). The van der Waals surface area contributed by atoms with Gasteiger partial charge >= 0.3 is 0 Å². The number of amides is 1. The number of aliphatic hydroxyl groups excluding tert-OH is 2. The van der Waals surface area contributed by atoms with Gasteiger partial charge in [-0.1, -0.05) is 0 Å². The molecule has 4 N–H and O–H groups in total. The van der Waals surface area contributed by atoms with Crippen molar-refractivity contribution in [1.82, 2.24) is 5.32 Å². The van der Waals surface area contributed by atoms with Crippen molar-refractivity contribution < 1.29 is 20.1 Å². The van der Waals surface area contributed by atoms with Gasteiger partial charge in [0.1, 0.15) is 5.60 Å². The molecule has 84 valence electrons. The summed E-state index contributed by atoms with van der Waals surface area (Å²) in [6, 6.07) is 0. The Kier molecular flexibility index (Phi) is 6.44. The van der Waals surface area contributed by atoms with Crippen molar-refractivity contribution in [3.8, 4) is 0 Å². The fourth-order valence-corrected chi connectivity index (χ4v) is 0.831. The van der Waals surface area contributed by atoms with Gasteiger partial charge in [-0.2, -0.15) is 0 Å². The van der Waals surface area contributed by atoms with Gasteiger partial charge in [-0.25, -0.2) is 0 Å². The van der Waals surface area contributed by atoms with Crippen LogP contribution < -0.4 is 5.32 Å². The Balaban J connectivity index is 3.53. The molecule has 1 amide bonds. The van der Waals surface area contributed by atoms with Crippen LogP contribution in [0.4, 0.5) is 0 Å². The summed E-state index contributed by atoms with van der Waals surface area (Å²) >= 11 is 0. The molecular formula is C9H19NO4. The molecule has 0 fully saturated rings. The summed E-state index contributed by atoms with van der Waals surface area (Å²) in [5.41, 5.74) is -1.26. The molecule has 0 spiro atoms. The second-order valence-corrected chi connectivity index (χ2v) is 3.61. The smallest absolute Gasteiger partial charge is 0.220 e. The lowest BCUT2D eigenvalue weighted by Gasteiger charge is -2.20. The molecule has 0 aromatic heterocycles. The van der Waals surface area contributed by atoms with Crippen LogP contribution in [-0.2, 0) is 4.79 Å². The van der Waals surface area contributed by atoms with Gasteiger partial charge in [-0.3, -0.25) is 4.79 Å². The Morgan fingerprint density at radius 3 is 2.50 bits per heavy atom. The summed E-state index contributed by atoms with van der Waals surface area (Å²) in [6.07, 6.45) is 1.56. The fourth-order valence-electron chi connectivity index (χ4n) is 0.831. The van der Waals surface area contributed by atoms with E-state index in [-0.39, 0.29) is 25.7 Å². The zero-order chi connectivity index (χ0) is 11.0. The number of unbranched alkanes of at least 4 members (excludes halogenated alkanes) is 1. The third-order valence-electron chi connectivity index (χ3n) is 1.82. The second-order valence-electron chi connectivity index (χ2n) is 3.61. The summed E-state index contributed by atoms with van der Waals surface area (Å²) < 4.78 is 0. The number of carbonyl (C=O) groups is 1. The predicted octanol–water partition coefficient (Wildman–Crippen LogP) is -0.992. The van der Waals surface area contributed by atoms with Crippen LogP contribution in [0.5, 0.6) is 0 Å². The number of hydrogen-bond donors (Lipinski definition) is 4. The van der Waals surface area contributed by atoms with Crippen LogP contribution in [0.15, 0.2) is 0 Å². The van der Waals surface area contributed by atoms with Crippen LogP contribution in [0, 0.1) is 0 Å². The molecule has 0 radical (unpaired) electrons. The van der Waals surface area contributed by atoms with Crippen LogP contribution in [0.25, 0.3) is 0 Å². The van der Waals surface area contributed by atoms with Crippen molar-refractivity contribution in [3.63, 3.8) is 0 Å². The van der Waals surface area contributed by atoms with Gasteiger partial charge in [0.25, 0.3) is 0 Å². The number of nitrogens with one attached hydrogen (secondary N) is 1. The van der Waals surface area contributed by atoms with E-state index in [2.05, 4.69) is 5.32 Å². The van der Waals surface area contributed by atoms with E-state index in [1.165, 1.54) is 6.92 Å². The van der Waals surface area contributed by atoms with Crippen LogP contribution >= 0.6 is 0 Å². The minimum absolute atomic E-state index is 0.0431. The monoisotopic (exact) mass is 205 g/mol. The zero-order valence-electron chi connectivity index (χ0n) is 8.49. The highest BCUT2D eigenvalue weighted by Crippen LogP contribution is 1.99. The van der Waals surface area contributed by atoms with E-state index in [1.54, 1.807) is 0 Å². The van der Waals surface area contributed by atoms with E-state index < -0.39 is 5.60 Å². The topological polar surface area (TPSA) is 89.8 Å². The summed E-state index contributed by atoms with van der Waals surface area (Å²) in [5.74, 6) is -0.174. The Hall–Kier alpha value is -0.650. The van der Waals surface area contributed by atoms with E-state index in [9.17, 15) is 9.90 Å². The van der Waals surface area contributed by atoms with E-state index in [0.717, 1.165) is 0 Å². The maximum absolute atomic E-state index is 11.1. The first kappa shape index (κ1) is 13.4. The Morgan fingerprint density at radius 1 is 1.36 bits per heavy atom. The van der Waals surface area contributed by atoms with Crippen LogP contribution in [-0.4, -0.2) is 46.6 Å². The molecule has 0 aromatic rings. The largest absolute Gasteiger partial charge is 0.396 e. The van der Waals surface area contributed by atoms with Crippen molar-refractivity contribution in [2.24, 2.45) is 0 Å². The van der Waals surface area contributed by atoms with Gasteiger partial charge in [-0.05, 0) is 19.8 Å². The standard InChI is InChI=1S/C9H19NO4/c1-9(14,7-12)6-10-8(13)4-2-3-5-11/h11-12,14H,2-7H2,1H3,(H,10,13). The maximum atomic E-state index is 11.1. The van der Waals surface area contributed by atoms with Gasteiger partial charge in [0.2, 0.25) is 5.91 Å². The summed E-state index contributed by atoms with van der Waals surface area (Å²) in [7, 11) is 0. The Morgan fingerprint density at radius 2 is 2.00 bits per heavy atom. The molecule has 1 unspecified atom stereocenters. The third kappa shape index (κ3) is 6.82. The molecule has 0 bridgehead atoms. The van der Waals surface area contributed by atoms with Crippen molar-refractivity contribution in [2.75, 3.05) is 19.8 Å². The molecule has 5 nitrogen and oxygen atoms in total. The minimum atomic E-state index is -1.26. The Labute approximate surface area is 83.8 Å². The molecule has 0 saturated heterocycles. The van der Waals surface area contributed by atoms with Crippen molar-refractivity contribution >= 4 is 5.91 Å². The minimum Gasteiger partial charge on any atom is -0.396 e. The highest BCUT2D eigenvalue weighted by atomic mass is 16.3. The van der Waals surface area contributed by atoms with Crippen molar-refractivity contribution in [1.29, 1.82) is 0 Å². The fraction of sp³-hybridized carbons (Fsp3) is 0.889. The number of aliphatic hydroxyl groups is 3. The predicted molar refractivity (Wildman–Crippen MR) is 51.7 cm³/mol. The maximum Gasteiger partial charge on any atom is 0.220 e. The average Bonchev–Trinajstić information content (AvgIpc) is 2.16. The first-order chi connectivity index (χ1) is 6.52. The molecule has 0 aliphatic carbocycles. The zero-order valence-corrected chi connectivity index (χ0v) is 8.49. The normalized spacial score (nSPS) is 14.9. The molecule has 0 aromatic carbocycles. The number of carbonyl (C=O) groups excluding carboxylic acids is 1. The highest BCUT2D eigenvalue weighted by Gasteiger charge is 2.19. The van der Waals surface area contributed by atoms with E-state index in [1.807, 2.05) is 0 Å². The lowest BCUT2D eigenvalue weighted by atomic mass is 10.1. The molecule has 0 aliphatic heterocycles. The average molecular weight is 205 g/mol. The lowest BCUT2D eigenvalue weighted by Crippen LogP contribution is -2.43. The summed E-state index contributed by atoms with van der Waals surface area (Å²) in [5, 5.41) is 29.0. The van der Waals surface area contributed by atoms with Crippen molar-refractivity contribution in [3.05, 3.63) is 0 Å². The van der Waals surface area contributed by atoms with Gasteiger partial charge in [0.05, 0.1) is 6.61 Å². The van der Waals surface area contributed by atoms with Gasteiger partial charge in [0.15, 0.2) is 0 Å². The number of rotatable bonds is 7. The quantitative estimate of drug-likeness (QED) is 0.402. The van der Waals surface area contributed by atoms with Crippen LogP contribution in [0.3, 0.4) is 0 Å². The first-order valence-electron chi connectivity index (χ1n) is 4.72. The van der Waals surface area contributed by atoms with E-state index >= 15 is 0 Å². The van der Waals surface area contributed by atoms with E-state index in [0.29, 0.717) is 19.3 Å². The van der Waals surface area contributed by atoms with Crippen LogP contribution in [0.1, 0.15) is 26.2 Å². The Bertz CT molecular complexity index is 170. The summed E-state index contributed by atoms with van der Waals surface area (Å²) in [6.45, 7) is 1.19. The molecule has 14 heavy (non-hydrogen) atoms. The molecule has 1 atom stereocenters. The molecular weight excluding hydrogens is 186 g/mol. The highest BCUT2D eigenvalue weighted by molar-refractivity contribution is 5.75. The number of hydrogen-bond acceptors (Lipinski definition) is 4. The van der Waals surface area contributed by atoms with Gasteiger partial charge in [0, 0.05) is 19.6 Å². The van der Waals surface area contributed by atoms with Gasteiger partial charge in [-0.15, -0.1) is 0 Å². The van der Waals surface area contributed by atoms with E-state index in [4.69, 9.17) is 10.2 Å². The second kappa shape index (κ2) is 6.75. The van der Waals surface area contributed by atoms with Crippen LogP contribution in [0.2, 0.25) is 0 Å². The van der Waals surface area contributed by atoms with Crippen molar-refractivity contribution in [2.45, 2.75) is 31.8 Å². The van der Waals surface area contributed by atoms with Gasteiger partial charge < -0.3 is 20.6 Å². The third-order valence-corrected chi connectivity index (χ3v) is 1.82.